The number of likely N-dealkylation sites (N-methyl/N-ethyl adjacent to an activating group) is 1. The SMILES string of the molecule is Cc1cccc(NC(=O)Nc2ccc3c(c2)C(=O)N(C)[C@@H]2CC[C@@H](CC(=O)NCc4ccccc4Cl)O[C@@H]2CO3)c1. The normalized spacial score (nSPS) is 20.0. The fourth-order valence-corrected chi connectivity index (χ4v) is 5.44. The van der Waals surface area contributed by atoms with Crippen LogP contribution in [0.2, 0.25) is 5.02 Å². The largest absolute Gasteiger partial charge is 0.490 e. The summed E-state index contributed by atoms with van der Waals surface area (Å²) in [5.74, 6) is 0.0616. The molecule has 0 aromatic heterocycles. The predicted molar refractivity (Wildman–Crippen MR) is 157 cm³/mol. The smallest absolute Gasteiger partial charge is 0.323 e. The van der Waals surface area contributed by atoms with Gasteiger partial charge in [0.25, 0.3) is 5.91 Å². The van der Waals surface area contributed by atoms with Gasteiger partial charge < -0.3 is 30.3 Å². The molecule has 3 N–H and O–H groups in total. The molecule has 0 aliphatic carbocycles. The number of carbonyl (C=O) groups is 3. The second-order valence-electron chi connectivity index (χ2n) is 10.4. The summed E-state index contributed by atoms with van der Waals surface area (Å²) >= 11 is 6.19. The number of carbonyl (C=O) groups excluding carboxylic acids is 3. The van der Waals surface area contributed by atoms with Crippen LogP contribution in [0.25, 0.3) is 0 Å². The van der Waals surface area contributed by atoms with Gasteiger partial charge in [-0.05, 0) is 67.3 Å². The summed E-state index contributed by atoms with van der Waals surface area (Å²) in [6, 6.07) is 19.2. The van der Waals surface area contributed by atoms with E-state index < -0.39 is 6.03 Å². The fourth-order valence-electron chi connectivity index (χ4n) is 5.24. The molecule has 0 radical (unpaired) electrons. The zero-order chi connectivity index (χ0) is 28.9. The number of hydrogen-bond donors (Lipinski definition) is 3. The van der Waals surface area contributed by atoms with Crippen molar-refractivity contribution in [2.24, 2.45) is 0 Å². The van der Waals surface area contributed by atoms with Crippen LogP contribution in [0.1, 0.15) is 40.7 Å². The number of halogens is 1. The molecule has 1 saturated heterocycles. The molecule has 1 fully saturated rings. The summed E-state index contributed by atoms with van der Waals surface area (Å²) in [6.07, 6.45) is 0.843. The predicted octanol–water partition coefficient (Wildman–Crippen LogP) is 5.38. The zero-order valence-electron chi connectivity index (χ0n) is 23.0. The first-order valence-electron chi connectivity index (χ1n) is 13.6. The van der Waals surface area contributed by atoms with Crippen LogP contribution in [0.3, 0.4) is 0 Å². The van der Waals surface area contributed by atoms with E-state index in [1.807, 2.05) is 43.3 Å². The lowest BCUT2D eigenvalue weighted by Crippen LogP contribution is -2.53. The second kappa shape index (κ2) is 12.6. The first kappa shape index (κ1) is 28.4. The van der Waals surface area contributed by atoms with Crippen LogP contribution >= 0.6 is 11.6 Å². The van der Waals surface area contributed by atoms with Crippen molar-refractivity contribution in [3.05, 3.63) is 88.4 Å². The first-order chi connectivity index (χ1) is 19.8. The molecule has 3 aromatic rings. The lowest BCUT2D eigenvalue weighted by Gasteiger charge is -2.42. The molecule has 10 heteroatoms. The van der Waals surface area contributed by atoms with E-state index in [4.69, 9.17) is 21.1 Å². The van der Waals surface area contributed by atoms with Crippen LogP contribution in [0.5, 0.6) is 5.75 Å². The Kier molecular flexibility index (Phi) is 8.75. The molecule has 4 amide bonds. The van der Waals surface area contributed by atoms with Crippen molar-refractivity contribution >= 4 is 40.8 Å². The van der Waals surface area contributed by atoms with Gasteiger partial charge in [-0.25, -0.2) is 4.79 Å². The molecule has 0 bridgehead atoms. The average molecular weight is 577 g/mol. The number of amides is 4. The molecule has 2 heterocycles. The van der Waals surface area contributed by atoms with Gasteiger partial charge in [0.05, 0.1) is 24.1 Å². The van der Waals surface area contributed by atoms with Gasteiger partial charge in [-0.15, -0.1) is 0 Å². The lowest BCUT2D eigenvalue weighted by atomic mass is 9.94. The number of nitrogens with zero attached hydrogens (tertiary/aromatic N) is 1. The van der Waals surface area contributed by atoms with Gasteiger partial charge >= 0.3 is 6.03 Å². The summed E-state index contributed by atoms with van der Waals surface area (Å²) in [4.78, 5) is 40.4. The summed E-state index contributed by atoms with van der Waals surface area (Å²) in [5.41, 5.74) is 3.39. The Morgan fingerprint density at radius 1 is 1.00 bits per heavy atom. The van der Waals surface area contributed by atoms with E-state index in [0.29, 0.717) is 47.1 Å². The maximum Gasteiger partial charge on any atom is 0.323 e. The van der Waals surface area contributed by atoms with Crippen molar-refractivity contribution in [3.8, 4) is 5.75 Å². The molecule has 3 atom stereocenters. The maximum absolute atomic E-state index is 13.5. The Morgan fingerprint density at radius 3 is 2.56 bits per heavy atom. The highest BCUT2D eigenvalue weighted by Gasteiger charge is 2.39. The number of urea groups is 1. The van der Waals surface area contributed by atoms with Crippen LogP contribution < -0.4 is 20.7 Å². The molecule has 0 unspecified atom stereocenters. The Bertz CT molecular complexity index is 1450. The van der Waals surface area contributed by atoms with Crippen LogP contribution in [0, 0.1) is 6.92 Å². The zero-order valence-corrected chi connectivity index (χ0v) is 23.7. The molecule has 0 saturated carbocycles. The van der Waals surface area contributed by atoms with E-state index in [9.17, 15) is 14.4 Å². The second-order valence-corrected chi connectivity index (χ2v) is 10.8. The van der Waals surface area contributed by atoms with Gasteiger partial charge in [-0.1, -0.05) is 41.9 Å². The Balaban J connectivity index is 1.20. The van der Waals surface area contributed by atoms with Crippen LogP contribution in [-0.2, 0) is 16.1 Å². The van der Waals surface area contributed by atoms with Crippen molar-refractivity contribution in [3.63, 3.8) is 0 Å². The number of hydrogen-bond acceptors (Lipinski definition) is 5. The van der Waals surface area contributed by atoms with Gasteiger partial charge in [0.15, 0.2) is 0 Å². The van der Waals surface area contributed by atoms with Gasteiger partial charge in [-0.2, -0.15) is 0 Å². The highest BCUT2D eigenvalue weighted by molar-refractivity contribution is 6.31. The van der Waals surface area contributed by atoms with Crippen molar-refractivity contribution < 1.29 is 23.9 Å². The Hall–Kier alpha value is -4.08. The van der Waals surface area contributed by atoms with Crippen LogP contribution in [-0.4, -0.2) is 54.6 Å². The summed E-state index contributed by atoms with van der Waals surface area (Å²) in [6.45, 7) is 2.52. The van der Waals surface area contributed by atoms with Crippen molar-refractivity contribution in [2.45, 2.75) is 51.0 Å². The molecule has 0 spiro atoms. The van der Waals surface area contributed by atoms with Crippen molar-refractivity contribution in [1.82, 2.24) is 10.2 Å². The standard InChI is InChI=1S/C31H33ClN4O5/c1-19-6-5-8-21(14-19)34-31(39)35-22-10-13-27-24(15-22)30(38)36(2)26-12-11-23(41-28(26)18-40-27)16-29(37)33-17-20-7-3-4-9-25(20)32/h3-10,13-15,23,26,28H,11-12,16-18H2,1-2H3,(H,33,37)(H2,34,35,39)/t23-,26+,28+/m0/s1. The number of aryl methyl sites for hydroxylation is 1. The summed E-state index contributed by atoms with van der Waals surface area (Å²) in [5, 5.41) is 9.11. The number of nitrogens with one attached hydrogen (secondary N) is 3. The molecule has 2 aliphatic rings. The summed E-state index contributed by atoms with van der Waals surface area (Å²) in [7, 11) is 1.75. The average Bonchev–Trinajstić information content (AvgIpc) is 2.95. The van der Waals surface area contributed by atoms with Gasteiger partial charge in [0.1, 0.15) is 18.5 Å². The molecular weight excluding hydrogens is 544 g/mol. The molecule has 2 aliphatic heterocycles. The minimum absolute atomic E-state index is 0.124. The third-order valence-corrected chi connectivity index (χ3v) is 7.76. The molecule has 9 nitrogen and oxygen atoms in total. The van der Waals surface area contributed by atoms with Gasteiger partial charge in [0, 0.05) is 30.0 Å². The van der Waals surface area contributed by atoms with E-state index in [0.717, 1.165) is 11.1 Å². The number of anilines is 2. The minimum atomic E-state index is -0.411. The quantitative estimate of drug-likeness (QED) is 0.365. The molecule has 3 aromatic carbocycles. The Labute approximate surface area is 244 Å². The van der Waals surface area contributed by atoms with E-state index in [-0.39, 0.29) is 43.1 Å². The molecular formula is C31H33ClN4O5. The monoisotopic (exact) mass is 576 g/mol. The van der Waals surface area contributed by atoms with Crippen molar-refractivity contribution in [1.29, 1.82) is 0 Å². The number of rotatable bonds is 6. The highest BCUT2D eigenvalue weighted by atomic mass is 35.5. The number of benzene rings is 3. The fraction of sp³-hybridized carbons (Fsp3) is 0.323. The summed E-state index contributed by atoms with van der Waals surface area (Å²) < 4.78 is 12.3. The Morgan fingerprint density at radius 2 is 1.78 bits per heavy atom. The van der Waals surface area contributed by atoms with Crippen LogP contribution in [0.15, 0.2) is 66.7 Å². The van der Waals surface area contributed by atoms with Gasteiger partial charge in [0.2, 0.25) is 5.91 Å². The van der Waals surface area contributed by atoms with Crippen LogP contribution in [0.4, 0.5) is 16.2 Å². The minimum Gasteiger partial charge on any atom is -0.490 e. The number of fused-ring (bicyclic) bond motifs is 2. The molecule has 214 valence electrons. The highest BCUT2D eigenvalue weighted by Crippen LogP contribution is 2.32. The van der Waals surface area contributed by atoms with Crippen molar-refractivity contribution in [2.75, 3.05) is 24.3 Å². The van der Waals surface area contributed by atoms with E-state index in [1.54, 1.807) is 42.3 Å². The lowest BCUT2D eigenvalue weighted by molar-refractivity contribution is -0.134. The van der Waals surface area contributed by atoms with E-state index in [2.05, 4.69) is 16.0 Å². The topological polar surface area (TPSA) is 109 Å². The molecule has 5 rings (SSSR count). The number of ether oxygens (including phenoxy) is 2. The van der Waals surface area contributed by atoms with E-state index in [1.165, 1.54) is 0 Å². The first-order valence-corrected chi connectivity index (χ1v) is 14.0. The van der Waals surface area contributed by atoms with E-state index >= 15 is 0 Å². The third-order valence-electron chi connectivity index (χ3n) is 7.39. The third kappa shape index (κ3) is 6.99. The van der Waals surface area contributed by atoms with Gasteiger partial charge in [-0.3, -0.25) is 9.59 Å². The maximum atomic E-state index is 13.5. The molecule has 41 heavy (non-hydrogen) atoms.